The Morgan fingerprint density at radius 2 is 1.62 bits per heavy atom. The minimum absolute atomic E-state index is 0.0336. The van der Waals surface area contributed by atoms with E-state index in [4.69, 9.17) is 0 Å². The van der Waals surface area contributed by atoms with Crippen molar-refractivity contribution in [2.75, 3.05) is 10.0 Å². The maximum absolute atomic E-state index is 12.7. The molecule has 0 fully saturated rings. The molecule has 0 bridgehead atoms. The maximum atomic E-state index is 12.7. The van der Waals surface area contributed by atoms with Crippen molar-refractivity contribution in [3.05, 3.63) is 99.6 Å². The molecule has 0 saturated heterocycles. The van der Waals surface area contributed by atoms with Crippen LogP contribution in [0.1, 0.15) is 16.7 Å². The summed E-state index contributed by atoms with van der Waals surface area (Å²) in [7, 11) is -3.78. The van der Waals surface area contributed by atoms with E-state index in [0.717, 1.165) is 11.1 Å². The molecular formula is C23H21N3O5S. The highest BCUT2D eigenvalue weighted by Gasteiger charge is 2.15. The average Bonchev–Trinajstić information content (AvgIpc) is 2.75. The molecule has 0 aliphatic heterocycles. The van der Waals surface area contributed by atoms with Crippen molar-refractivity contribution < 1.29 is 18.1 Å². The highest BCUT2D eigenvalue weighted by Crippen LogP contribution is 2.22. The molecule has 0 saturated carbocycles. The fraction of sp³-hybridized carbons (Fsp3) is 0.0870. The fourth-order valence-corrected chi connectivity index (χ4v) is 3.95. The van der Waals surface area contributed by atoms with E-state index in [1.54, 1.807) is 6.07 Å². The van der Waals surface area contributed by atoms with Gasteiger partial charge < -0.3 is 5.32 Å². The molecule has 0 spiro atoms. The molecule has 9 heteroatoms. The molecule has 8 nitrogen and oxygen atoms in total. The zero-order valence-electron chi connectivity index (χ0n) is 17.4. The Kier molecular flexibility index (Phi) is 6.70. The molecule has 0 unspecified atom stereocenters. The minimum atomic E-state index is -3.78. The van der Waals surface area contributed by atoms with Crippen LogP contribution in [0.4, 0.5) is 17.1 Å². The topological polar surface area (TPSA) is 118 Å². The second-order valence-electron chi connectivity index (χ2n) is 7.12. The van der Waals surface area contributed by atoms with E-state index in [0.29, 0.717) is 16.9 Å². The van der Waals surface area contributed by atoms with E-state index in [2.05, 4.69) is 10.0 Å². The summed E-state index contributed by atoms with van der Waals surface area (Å²) in [4.78, 5) is 22.4. The van der Waals surface area contributed by atoms with Gasteiger partial charge in [-0.25, -0.2) is 8.42 Å². The number of carbonyl (C=O) groups excluding carboxylic acids is 1. The molecule has 0 aromatic heterocycles. The summed E-state index contributed by atoms with van der Waals surface area (Å²) in [5.41, 5.74) is 3.28. The third kappa shape index (κ3) is 5.79. The normalized spacial score (nSPS) is 11.3. The van der Waals surface area contributed by atoms with Crippen LogP contribution in [0.5, 0.6) is 0 Å². The number of non-ortho nitro benzene ring substituents is 1. The molecule has 0 aliphatic carbocycles. The molecule has 3 aromatic rings. The van der Waals surface area contributed by atoms with Gasteiger partial charge in [0, 0.05) is 23.9 Å². The highest BCUT2D eigenvalue weighted by molar-refractivity contribution is 7.92. The largest absolute Gasteiger partial charge is 0.323 e. The van der Waals surface area contributed by atoms with Gasteiger partial charge in [-0.15, -0.1) is 0 Å². The number of carbonyl (C=O) groups is 1. The van der Waals surface area contributed by atoms with Crippen LogP contribution < -0.4 is 10.0 Å². The quantitative estimate of drug-likeness (QED) is 0.308. The molecule has 0 atom stereocenters. The smallest absolute Gasteiger partial charge is 0.269 e. The van der Waals surface area contributed by atoms with E-state index in [1.807, 2.05) is 26.0 Å². The lowest BCUT2D eigenvalue weighted by Crippen LogP contribution is -2.14. The summed E-state index contributed by atoms with van der Waals surface area (Å²) in [5, 5.41) is 13.3. The Bertz CT molecular complexity index is 1280. The Morgan fingerprint density at radius 3 is 2.25 bits per heavy atom. The predicted molar refractivity (Wildman–Crippen MR) is 124 cm³/mol. The fourth-order valence-electron chi connectivity index (χ4n) is 2.83. The predicted octanol–water partition coefficient (Wildman–Crippen LogP) is 4.66. The number of benzene rings is 3. The van der Waals surface area contributed by atoms with Crippen molar-refractivity contribution in [1.29, 1.82) is 0 Å². The summed E-state index contributed by atoms with van der Waals surface area (Å²) in [6, 6.07) is 17.1. The first-order valence-corrected chi connectivity index (χ1v) is 11.1. The third-order valence-electron chi connectivity index (χ3n) is 4.60. The number of amides is 1. The molecule has 164 valence electrons. The van der Waals surface area contributed by atoms with Gasteiger partial charge in [0.1, 0.15) is 0 Å². The van der Waals surface area contributed by atoms with Crippen LogP contribution in [-0.4, -0.2) is 19.2 Å². The highest BCUT2D eigenvalue weighted by atomic mass is 32.2. The molecule has 2 N–H and O–H groups in total. The van der Waals surface area contributed by atoms with Crippen LogP contribution in [0.25, 0.3) is 6.08 Å². The molecule has 3 rings (SSSR count). The number of anilines is 2. The second kappa shape index (κ2) is 9.44. The molecule has 3 aromatic carbocycles. The van der Waals surface area contributed by atoms with Crippen molar-refractivity contribution >= 4 is 39.1 Å². The van der Waals surface area contributed by atoms with Crippen molar-refractivity contribution in [2.45, 2.75) is 18.7 Å². The van der Waals surface area contributed by atoms with Gasteiger partial charge in [-0.05, 0) is 79.1 Å². The lowest BCUT2D eigenvalue weighted by atomic mass is 10.1. The zero-order chi connectivity index (χ0) is 23.3. The minimum Gasteiger partial charge on any atom is -0.323 e. The standard InChI is InChI=1S/C23H21N3O5S/c1-16-3-4-17(2)22(15-16)25-32(30,31)21-12-8-19(9-13-21)24-23(27)14-7-18-5-10-20(11-6-18)26(28)29/h3-15,25H,1-2H3,(H,24,27)/b14-7+. The first-order chi connectivity index (χ1) is 15.1. The molecule has 0 heterocycles. The first kappa shape index (κ1) is 22.7. The molecule has 32 heavy (non-hydrogen) atoms. The first-order valence-electron chi connectivity index (χ1n) is 9.58. The molecule has 1 amide bonds. The number of aryl methyl sites for hydroxylation is 2. The van der Waals surface area contributed by atoms with E-state index in [9.17, 15) is 23.3 Å². The number of sulfonamides is 1. The average molecular weight is 452 g/mol. The summed E-state index contributed by atoms with van der Waals surface area (Å²) in [6.45, 7) is 3.70. The Morgan fingerprint density at radius 1 is 0.969 bits per heavy atom. The van der Waals surface area contributed by atoms with E-state index in [-0.39, 0.29) is 10.6 Å². The summed E-state index contributed by atoms with van der Waals surface area (Å²) < 4.78 is 27.9. The number of nitro groups is 1. The van der Waals surface area contributed by atoms with Crippen LogP contribution in [-0.2, 0) is 14.8 Å². The van der Waals surface area contributed by atoms with E-state index >= 15 is 0 Å². The second-order valence-corrected chi connectivity index (χ2v) is 8.80. The van der Waals surface area contributed by atoms with Gasteiger partial charge in [0.15, 0.2) is 0 Å². The van der Waals surface area contributed by atoms with E-state index < -0.39 is 20.9 Å². The number of nitro benzene ring substituents is 1. The van der Waals surface area contributed by atoms with Gasteiger partial charge in [-0.2, -0.15) is 0 Å². The third-order valence-corrected chi connectivity index (χ3v) is 5.98. The Labute approximate surface area is 185 Å². The summed E-state index contributed by atoms with van der Waals surface area (Å²) >= 11 is 0. The SMILES string of the molecule is Cc1ccc(C)c(NS(=O)(=O)c2ccc(NC(=O)/C=C/c3ccc([N+](=O)[O-])cc3)cc2)c1. The number of hydrogen-bond acceptors (Lipinski definition) is 5. The molecule has 0 radical (unpaired) electrons. The summed E-state index contributed by atoms with van der Waals surface area (Å²) in [5.74, 6) is -0.424. The van der Waals surface area contributed by atoms with Crippen molar-refractivity contribution in [3.63, 3.8) is 0 Å². The van der Waals surface area contributed by atoms with Gasteiger partial charge in [0.05, 0.1) is 15.5 Å². The van der Waals surface area contributed by atoms with Crippen molar-refractivity contribution in [2.24, 2.45) is 0 Å². The lowest BCUT2D eigenvalue weighted by molar-refractivity contribution is -0.384. The number of nitrogens with one attached hydrogen (secondary N) is 2. The van der Waals surface area contributed by atoms with Gasteiger partial charge in [0.2, 0.25) is 5.91 Å². The van der Waals surface area contributed by atoms with Gasteiger partial charge in [-0.3, -0.25) is 19.6 Å². The number of rotatable bonds is 7. The maximum Gasteiger partial charge on any atom is 0.269 e. The molecule has 0 aliphatic rings. The monoisotopic (exact) mass is 451 g/mol. The zero-order valence-corrected chi connectivity index (χ0v) is 18.2. The van der Waals surface area contributed by atoms with E-state index in [1.165, 1.54) is 60.7 Å². The van der Waals surface area contributed by atoms with Crippen LogP contribution in [0.15, 0.2) is 77.7 Å². The van der Waals surface area contributed by atoms with Crippen LogP contribution in [0.3, 0.4) is 0 Å². The van der Waals surface area contributed by atoms with Gasteiger partial charge >= 0.3 is 0 Å². The summed E-state index contributed by atoms with van der Waals surface area (Å²) in [6.07, 6.45) is 2.81. The van der Waals surface area contributed by atoms with Crippen molar-refractivity contribution in [3.8, 4) is 0 Å². The molecular weight excluding hydrogens is 430 g/mol. The number of nitrogens with zero attached hydrogens (tertiary/aromatic N) is 1. The number of hydrogen-bond donors (Lipinski definition) is 2. The van der Waals surface area contributed by atoms with Crippen molar-refractivity contribution in [1.82, 2.24) is 0 Å². The lowest BCUT2D eigenvalue weighted by Gasteiger charge is -2.12. The Hall–Kier alpha value is -3.98. The van der Waals surface area contributed by atoms with Gasteiger partial charge in [-0.1, -0.05) is 12.1 Å². The van der Waals surface area contributed by atoms with Crippen LogP contribution >= 0.6 is 0 Å². The van der Waals surface area contributed by atoms with Crippen LogP contribution in [0.2, 0.25) is 0 Å². The van der Waals surface area contributed by atoms with Crippen LogP contribution in [0, 0.1) is 24.0 Å². The Balaban J connectivity index is 1.65. The van der Waals surface area contributed by atoms with Gasteiger partial charge in [0.25, 0.3) is 15.7 Å².